The summed E-state index contributed by atoms with van der Waals surface area (Å²) in [5.41, 5.74) is 1.68. The molecule has 1 saturated heterocycles. The van der Waals surface area contributed by atoms with E-state index in [1.165, 1.54) is 0 Å². The molecule has 0 radical (unpaired) electrons. The number of carbonyl (C=O) groups is 1. The average Bonchev–Trinajstić information content (AvgIpc) is 3.16. The quantitative estimate of drug-likeness (QED) is 0.817. The van der Waals surface area contributed by atoms with Crippen molar-refractivity contribution in [3.8, 4) is 11.5 Å². The monoisotopic (exact) mass is 326 g/mol. The van der Waals surface area contributed by atoms with Crippen molar-refractivity contribution in [2.24, 2.45) is 0 Å². The smallest absolute Gasteiger partial charge is 0.253 e. The highest BCUT2D eigenvalue weighted by atomic mass is 16.5. The summed E-state index contributed by atoms with van der Waals surface area (Å²) >= 11 is 0. The van der Waals surface area contributed by atoms with Crippen LogP contribution in [0.2, 0.25) is 0 Å². The van der Waals surface area contributed by atoms with Crippen molar-refractivity contribution in [2.75, 3.05) is 19.7 Å². The lowest BCUT2D eigenvalue weighted by molar-refractivity contribution is 0.0792. The molecule has 5 nitrogen and oxygen atoms in total. The number of rotatable bonds is 6. The molecule has 1 aromatic heterocycles. The summed E-state index contributed by atoms with van der Waals surface area (Å²) in [7, 11) is 0. The number of benzene rings is 1. The summed E-state index contributed by atoms with van der Waals surface area (Å²) in [6, 6.07) is 9.23. The number of hydrogen-bond acceptors (Lipinski definition) is 4. The van der Waals surface area contributed by atoms with Gasteiger partial charge in [0.25, 0.3) is 5.91 Å². The van der Waals surface area contributed by atoms with Gasteiger partial charge in [0, 0.05) is 31.0 Å². The second-order valence-electron chi connectivity index (χ2n) is 5.74. The zero-order valence-electron chi connectivity index (χ0n) is 13.9. The lowest BCUT2D eigenvalue weighted by Crippen LogP contribution is -2.27. The number of likely N-dealkylation sites (tertiary alicyclic amines) is 1. The molecule has 0 bridgehead atoms. The van der Waals surface area contributed by atoms with Gasteiger partial charge in [0.2, 0.25) is 0 Å². The maximum absolute atomic E-state index is 12.5. The van der Waals surface area contributed by atoms with Crippen LogP contribution in [0.4, 0.5) is 0 Å². The molecule has 5 heteroatoms. The minimum atomic E-state index is 0.0640. The summed E-state index contributed by atoms with van der Waals surface area (Å²) in [4.78, 5) is 18.4. The molecule has 3 rings (SSSR count). The predicted molar refractivity (Wildman–Crippen MR) is 91.3 cm³/mol. The van der Waals surface area contributed by atoms with E-state index in [1.807, 2.05) is 36.1 Å². The summed E-state index contributed by atoms with van der Waals surface area (Å²) < 4.78 is 11.5. The molecule has 0 N–H and O–H groups in total. The van der Waals surface area contributed by atoms with Gasteiger partial charge in [-0.2, -0.15) is 0 Å². The first-order valence-electron chi connectivity index (χ1n) is 8.35. The highest BCUT2D eigenvalue weighted by Gasteiger charge is 2.20. The van der Waals surface area contributed by atoms with Gasteiger partial charge in [-0.1, -0.05) is 0 Å². The number of ether oxygens (including phenoxy) is 2. The highest BCUT2D eigenvalue weighted by Crippen LogP contribution is 2.30. The number of pyridine rings is 1. The first-order chi connectivity index (χ1) is 11.8. The van der Waals surface area contributed by atoms with Gasteiger partial charge in [0.1, 0.15) is 6.61 Å². The number of aromatic nitrogens is 1. The SMILES string of the molecule is CCOc1cc(C(=O)N2CCCC2)ccc1OCc1ccncc1. The predicted octanol–water partition coefficient (Wildman–Crippen LogP) is 3.30. The lowest BCUT2D eigenvalue weighted by atomic mass is 10.1. The lowest BCUT2D eigenvalue weighted by Gasteiger charge is -2.17. The van der Waals surface area contributed by atoms with Crippen LogP contribution in [-0.2, 0) is 6.61 Å². The van der Waals surface area contributed by atoms with Crippen molar-refractivity contribution < 1.29 is 14.3 Å². The van der Waals surface area contributed by atoms with Crippen LogP contribution in [-0.4, -0.2) is 35.5 Å². The van der Waals surface area contributed by atoms with Crippen LogP contribution in [0.25, 0.3) is 0 Å². The van der Waals surface area contributed by atoms with Gasteiger partial charge in [-0.05, 0) is 55.7 Å². The van der Waals surface area contributed by atoms with E-state index in [1.54, 1.807) is 18.5 Å². The van der Waals surface area contributed by atoms with Gasteiger partial charge in [0.05, 0.1) is 6.61 Å². The molecule has 0 aliphatic carbocycles. The summed E-state index contributed by atoms with van der Waals surface area (Å²) in [5.74, 6) is 1.32. The Hall–Kier alpha value is -2.56. The van der Waals surface area contributed by atoms with E-state index in [2.05, 4.69) is 4.98 Å². The Labute approximate surface area is 142 Å². The van der Waals surface area contributed by atoms with Crippen molar-refractivity contribution in [3.63, 3.8) is 0 Å². The fraction of sp³-hybridized carbons (Fsp3) is 0.368. The number of carbonyl (C=O) groups excluding carboxylic acids is 1. The number of amides is 1. The van der Waals surface area contributed by atoms with E-state index in [9.17, 15) is 4.79 Å². The third kappa shape index (κ3) is 3.85. The van der Waals surface area contributed by atoms with Gasteiger partial charge >= 0.3 is 0 Å². The normalized spacial score (nSPS) is 13.8. The molecule has 2 aromatic rings. The molecule has 1 fully saturated rings. The Kier molecular flexibility index (Phi) is 5.31. The van der Waals surface area contributed by atoms with Crippen molar-refractivity contribution in [2.45, 2.75) is 26.4 Å². The standard InChI is InChI=1S/C19H22N2O3/c1-2-23-18-13-16(19(22)21-11-3-4-12-21)5-6-17(18)24-14-15-7-9-20-10-8-15/h5-10,13H,2-4,11-12,14H2,1H3. The number of hydrogen-bond donors (Lipinski definition) is 0. The molecule has 1 aromatic carbocycles. The molecular formula is C19H22N2O3. The van der Waals surface area contributed by atoms with Crippen LogP contribution in [0.5, 0.6) is 11.5 Å². The Morgan fingerprint density at radius 3 is 2.54 bits per heavy atom. The average molecular weight is 326 g/mol. The molecule has 2 heterocycles. The maximum Gasteiger partial charge on any atom is 0.253 e. The highest BCUT2D eigenvalue weighted by molar-refractivity contribution is 5.95. The Balaban J connectivity index is 1.75. The molecule has 126 valence electrons. The Bertz CT molecular complexity index is 682. The number of nitrogens with zero attached hydrogens (tertiary/aromatic N) is 2. The molecule has 0 saturated carbocycles. The minimum absolute atomic E-state index is 0.0640. The molecular weight excluding hydrogens is 304 g/mol. The van der Waals surface area contributed by atoms with Gasteiger partial charge in [-0.3, -0.25) is 9.78 Å². The molecule has 1 aliphatic heterocycles. The Morgan fingerprint density at radius 2 is 1.83 bits per heavy atom. The van der Waals surface area contributed by atoms with Crippen LogP contribution in [0.3, 0.4) is 0 Å². The second-order valence-corrected chi connectivity index (χ2v) is 5.74. The van der Waals surface area contributed by atoms with Crippen molar-refractivity contribution in [1.82, 2.24) is 9.88 Å². The topological polar surface area (TPSA) is 51.7 Å². The van der Waals surface area contributed by atoms with Gasteiger partial charge in [-0.25, -0.2) is 0 Å². The molecule has 24 heavy (non-hydrogen) atoms. The molecule has 0 unspecified atom stereocenters. The van der Waals surface area contributed by atoms with E-state index in [0.29, 0.717) is 30.3 Å². The molecule has 1 aliphatic rings. The van der Waals surface area contributed by atoms with Gasteiger partial charge in [-0.15, -0.1) is 0 Å². The minimum Gasteiger partial charge on any atom is -0.490 e. The first-order valence-corrected chi connectivity index (χ1v) is 8.35. The molecule has 0 atom stereocenters. The Morgan fingerprint density at radius 1 is 1.08 bits per heavy atom. The largest absolute Gasteiger partial charge is 0.490 e. The third-order valence-electron chi connectivity index (χ3n) is 4.03. The molecule has 1 amide bonds. The van der Waals surface area contributed by atoms with E-state index in [4.69, 9.17) is 9.47 Å². The second kappa shape index (κ2) is 7.81. The van der Waals surface area contributed by atoms with Crippen LogP contribution >= 0.6 is 0 Å². The van der Waals surface area contributed by atoms with E-state index < -0.39 is 0 Å². The van der Waals surface area contributed by atoms with Crippen LogP contribution < -0.4 is 9.47 Å². The van der Waals surface area contributed by atoms with Crippen LogP contribution in [0.1, 0.15) is 35.7 Å². The van der Waals surface area contributed by atoms with Crippen molar-refractivity contribution >= 4 is 5.91 Å². The van der Waals surface area contributed by atoms with Crippen LogP contribution in [0, 0.1) is 0 Å². The van der Waals surface area contributed by atoms with Crippen molar-refractivity contribution in [1.29, 1.82) is 0 Å². The summed E-state index contributed by atoms with van der Waals surface area (Å²) in [5, 5.41) is 0. The van der Waals surface area contributed by atoms with E-state index >= 15 is 0 Å². The third-order valence-corrected chi connectivity index (χ3v) is 4.03. The van der Waals surface area contributed by atoms with Gasteiger partial charge < -0.3 is 14.4 Å². The fourth-order valence-electron chi connectivity index (χ4n) is 2.77. The maximum atomic E-state index is 12.5. The zero-order valence-corrected chi connectivity index (χ0v) is 13.9. The van der Waals surface area contributed by atoms with E-state index in [-0.39, 0.29) is 5.91 Å². The summed E-state index contributed by atoms with van der Waals surface area (Å²) in [6.07, 6.45) is 5.63. The summed E-state index contributed by atoms with van der Waals surface area (Å²) in [6.45, 7) is 4.54. The zero-order chi connectivity index (χ0) is 16.8. The van der Waals surface area contributed by atoms with Gasteiger partial charge in [0.15, 0.2) is 11.5 Å². The first kappa shape index (κ1) is 16.3. The van der Waals surface area contributed by atoms with Crippen molar-refractivity contribution in [3.05, 3.63) is 53.9 Å². The fourth-order valence-corrected chi connectivity index (χ4v) is 2.77. The molecule has 0 spiro atoms. The van der Waals surface area contributed by atoms with E-state index in [0.717, 1.165) is 31.5 Å². The van der Waals surface area contributed by atoms with Crippen LogP contribution in [0.15, 0.2) is 42.7 Å².